The second-order valence-electron chi connectivity index (χ2n) is 5.98. The number of esters is 1. The zero-order valence-electron chi connectivity index (χ0n) is 14.7. The molecule has 3 aromatic rings. The molecule has 2 aromatic heterocycles. The number of rotatable bonds is 5. The first kappa shape index (κ1) is 18.7. The molecule has 0 saturated heterocycles. The Labute approximate surface area is 158 Å². The van der Waals surface area contributed by atoms with Gasteiger partial charge < -0.3 is 14.4 Å². The maximum absolute atomic E-state index is 12.5. The third kappa shape index (κ3) is 3.45. The highest BCUT2D eigenvalue weighted by molar-refractivity contribution is 6.30. The monoisotopic (exact) mass is 392 g/mol. The summed E-state index contributed by atoms with van der Waals surface area (Å²) in [6.45, 7) is 0.0480. The molecule has 0 aliphatic rings. The Bertz CT molecular complexity index is 1140. The highest BCUT2D eigenvalue weighted by Crippen LogP contribution is 2.22. The minimum Gasteiger partial charge on any atom is -0.507 e. The molecule has 1 N–H and O–H groups in total. The highest BCUT2D eigenvalue weighted by atomic mass is 35.5. The third-order valence-corrected chi connectivity index (χ3v) is 4.38. The molecule has 10 heteroatoms. The van der Waals surface area contributed by atoms with Crippen molar-refractivity contribution in [3.63, 3.8) is 0 Å². The van der Waals surface area contributed by atoms with E-state index in [1.165, 1.54) is 36.1 Å². The van der Waals surface area contributed by atoms with Gasteiger partial charge in [0.2, 0.25) is 0 Å². The van der Waals surface area contributed by atoms with Crippen molar-refractivity contribution in [2.45, 2.75) is 13.0 Å². The van der Waals surface area contributed by atoms with E-state index in [1.54, 1.807) is 11.6 Å². The number of phenolic OH excluding ortho intramolecular Hbond substituents is 1. The molecule has 0 bridgehead atoms. The molecule has 9 nitrogen and oxygen atoms in total. The van der Waals surface area contributed by atoms with Gasteiger partial charge in [0.1, 0.15) is 11.3 Å². The van der Waals surface area contributed by atoms with E-state index < -0.39 is 17.2 Å². The van der Waals surface area contributed by atoms with E-state index >= 15 is 0 Å². The summed E-state index contributed by atoms with van der Waals surface area (Å²) in [5.41, 5.74) is -0.319. The van der Waals surface area contributed by atoms with Gasteiger partial charge in [0.05, 0.1) is 12.9 Å². The average Bonchev–Trinajstić information content (AvgIpc) is 3.01. The van der Waals surface area contributed by atoms with Crippen LogP contribution in [0.3, 0.4) is 0 Å². The van der Waals surface area contributed by atoms with Gasteiger partial charge >= 0.3 is 11.7 Å². The third-order valence-electron chi connectivity index (χ3n) is 4.14. The summed E-state index contributed by atoms with van der Waals surface area (Å²) < 4.78 is 9.03. The van der Waals surface area contributed by atoms with Crippen LogP contribution in [0.1, 0.15) is 16.8 Å². The highest BCUT2D eigenvalue weighted by Gasteiger charge is 2.16. The van der Waals surface area contributed by atoms with Crippen LogP contribution < -0.4 is 11.2 Å². The van der Waals surface area contributed by atoms with Crippen molar-refractivity contribution in [1.29, 1.82) is 0 Å². The first-order valence-electron chi connectivity index (χ1n) is 8.07. The molecule has 2 heterocycles. The minimum atomic E-state index is -0.716. The second-order valence-corrected chi connectivity index (χ2v) is 6.41. The molecule has 0 aliphatic heterocycles. The molecule has 142 valence electrons. The minimum absolute atomic E-state index is 0.0104. The Morgan fingerprint density at radius 1 is 1.30 bits per heavy atom. The van der Waals surface area contributed by atoms with Crippen molar-refractivity contribution in [1.82, 2.24) is 18.7 Å². The first-order chi connectivity index (χ1) is 12.8. The maximum atomic E-state index is 12.5. The SMILES string of the molecule is Cn1cnc2c1c(=O)n(CCCOC(=O)c1ccc(Cl)cc1O)c(=O)n2C. The second kappa shape index (κ2) is 7.28. The summed E-state index contributed by atoms with van der Waals surface area (Å²) >= 11 is 5.72. The fraction of sp³-hybridized carbons (Fsp3) is 0.294. The van der Waals surface area contributed by atoms with Gasteiger partial charge in [-0.3, -0.25) is 13.9 Å². The molecule has 0 fully saturated rings. The van der Waals surface area contributed by atoms with Crippen LogP contribution in [-0.2, 0) is 25.4 Å². The predicted molar refractivity (Wildman–Crippen MR) is 98.2 cm³/mol. The van der Waals surface area contributed by atoms with Crippen LogP contribution in [0.4, 0.5) is 0 Å². The van der Waals surface area contributed by atoms with Crippen molar-refractivity contribution < 1.29 is 14.6 Å². The Morgan fingerprint density at radius 3 is 2.74 bits per heavy atom. The van der Waals surface area contributed by atoms with Crippen LogP contribution in [0.5, 0.6) is 5.75 Å². The van der Waals surface area contributed by atoms with Crippen molar-refractivity contribution in [3.8, 4) is 5.75 Å². The van der Waals surface area contributed by atoms with Gasteiger partial charge in [-0.2, -0.15) is 0 Å². The Hall–Kier alpha value is -3.07. The number of phenols is 1. The number of aryl methyl sites for hydroxylation is 2. The van der Waals surface area contributed by atoms with Crippen LogP contribution >= 0.6 is 11.6 Å². The normalized spacial score (nSPS) is 11.1. The van der Waals surface area contributed by atoms with Gasteiger partial charge in [-0.15, -0.1) is 0 Å². The van der Waals surface area contributed by atoms with Gasteiger partial charge in [0.25, 0.3) is 5.56 Å². The standard InChI is InChI=1S/C17H17ClN4O5/c1-20-9-19-14-13(20)15(24)22(17(26)21(14)2)6-3-7-27-16(25)11-5-4-10(18)8-12(11)23/h4-5,8-9,23H,3,6-7H2,1-2H3. The molecule has 0 spiro atoms. The van der Waals surface area contributed by atoms with E-state index in [-0.39, 0.29) is 30.9 Å². The van der Waals surface area contributed by atoms with E-state index in [0.29, 0.717) is 16.2 Å². The van der Waals surface area contributed by atoms with Crippen LogP contribution in [-0.4, -0.2) is 36.4 Å². The summed E-state index contributed by atoms with van der Waals surface area (Å²) in [6, 6.07) is 4.06. The van der Waals surface area contributed by atoms with Crippen molar-refractivity contribution >= 4 is 28.7 Å². The fourth-order valence-corrected chi connectivity index (χ4v) is 2.90. The van der Waals surface area contributed by atoms with Crippen LogP contribution in [0.15, 0.2) is 34.1 Å². The fourth-order valence-electron chi connectivity index (χ4n) is 2.74. The lowest BCUT2D eigenvalue weighted by Gasteiger charge is -2.09. The molecule has 0 aliphatic carbocycles. The summed E-state index contributed by atoms with van der Waals surface area (Å²) in [5, 5.41) is 10.0. The Morgan fingerprint density at radius 2 is 2.04 bits per heavy atom. The summed E-state index contributed by atoms with van der Waals surface area (Å²) in [6.07, 6.45) is 1.72. The molecular weight excluding hydrogens is 376 g/mol. The van der Waals surface area contributed by atoms with Gasteiger partial charge in [0, 0.05) is 25.7 Å². The number of aromatic hydroxyl groups is 1. The summed E-state index contributed by atoms with van der Waals surface area (Å²) in [4.78, 5) is 41.0. The molecule has 0 unspecified atom stereocenters. The van der Waals surface area contributed by atoms with Crippen LogP contribution in [0.25, 0.3) is 11.2 Å². The van der Waals surface area contributed by atoms with E-state index in [9.17, 15) is 19.5 Å². The van der Waals surface area contributed by atoms with Gasteiger partial charge in [-0.05, 0) is 24.6 Å². The largest absolute Gasteiger partial charge is 0.507 e. The lowest BCUT2D eigenvalue weighted by molar-refractivity contribution is 0.0492. The number of hydrogen-bond donors (Lipinski definition) is 1. The van der Waals surface area contributed by atoms with Gasteiger partial charge in [-0.25, -0.2) is 14.6 Å². The zero-order valence-corrected chi connectivity index (χ0v) is 15.4. The van der Waals surface area contributed by atoms with Crippen molar-refractivity contribution in [3.05, 3.63) is 56.0 Å². The number of nitrogens with zero attached hydrogens (tertiary/aromatic N) is 4. The van der Waals surface area contributed by atoms with E-state index in [4.69, 9.17) is 16.3 Å². The number of imidazole rings is 1. The zero-order chi connectivity index (χ0) is 19.7. The summed E-state index contributed by atoms with van der Waals surface area (Å²) in [5.74, 6) is -0.995. The van der Waals surface area contributed by atoms with E-state index in [2.05, 4.69) is 4.98 Å². The Kier molecular flexibility index (Phi) is 5.04. The van der Waals surface area contributed by atoms with Crippen LogP contribution in [0.2, 0.25) is 5.02 Å². The number of benzene rings is 1. The number of carbonyl (C=O) groups excluding carboxylic acids is 1. The number of hydrogen-bond acceptors (Lipinski definition) is 6. The topological polar surface area (TPSA) is 108 Å². The molecule has 0 radical (unpaired) electrons. The maximum Gasteiger partial charge on any atom is 0.341 e. The lowest BCUT2D eigenvalue weighted by Crippen LogP contribution is -2.39. The molecule has 3 rings (SSSR count). The predicted octanol–water partition coefficient (Wildman–Crippen LogP) is 1.04. The number of aromatic nitrogens is 4. The molecule has 0 atom stereocenters. The smallest absolute Gasteiger partial charge is 0.341 e. The molecule has 27 heavy (non-hydrogen) atoms. The molecule has 1 aromatic carbocycles. The van der Waals surface area contributed by atoms with Crippen molar-refractivity contribution in [2.24, 2.45) is 14.1 Å². The molecule has 0 amide bonds. The molecule has 0 saturated carbocycles. The molecular formula is C17H17ClN4O5. The van der Waals surface area contributed by atoms with E-state index in [1.807, 2.05) is 0 Å². The number of ether oxygens (including phenoxy) is 1. The Balaban J connectivity index is 1.71. The van der Waals surface area contributed by atoms with Crippen molar-refractivity contribution in [2.75, 3.05) is 6.61 Å². The van der Waals surface area contributed by atoms with E-state index in [0.717, 1.165) is 4.57 Å². The first-order valence-corrected chi connectivity index (χ1v) is 8.45. The van der Waals surface area contributed by atoms with Crippen LogP contribution in [0, 0.1) is 0 Å². The average molecular weight is 393 g/mol. The summed E-state index contributed by atoms with van der Waals surface area (Å²) in [7, 11) is 3.21. The number of halogens is 1. The lowest BCUT2D eigenvalue weighted by atomic mass is 10.2. The number of carbonyl (C=O) groups is 1. The quantitative estimate of drug-likeness (QED) is 0.513. The van der Waals surface area contributed by atoms with Gasteiger partial charge in [-0.1, -0.05) is 11.6 Å². The van der Waals surface area contributed by atoms with Gasteiger partial charge in [0.15, 0.2) is 11.2 Å². The number of fused-ring (bicyclic) bond motifs is 1.